The molecule has 9 heteroatoms. The number of nitrogens with one attached hydrogen (secondary N) is 1. The molecule has 5 nitrogen and oxygen atoms in total. The number of nitriles is 1. The molecule has 0 unspecified atom stereocenters. The monoisotopic (exact) mass is 622 g/mol. The molecule has 0 bridgehead atoms. The summed E-state index contributed by atoms with van der Waals surface area (Å²) in [6.45, 7) is 2.51. The third-order valence-corrected chi connectivity index (χ3v) is 6.46. The average molecular weight is 625 g/mol. The molecule has 3 aromatic carbocycles. The van der Waals surface area contributed by atoms with Crippen LogP contribution in [0.3, 0.4) is 0 Å². The molecule has 0 saturated heterocycles. The summed E-state index contributed by atoms with van der Waals surface area (Å²) in [5.74, 6) is 0.451. The van der Waals surface area contributed by atoms with Crippen molar-refractivity contribution in [1.82, 2.24) is 0 Å². The van der Waals surface area contributed by atoms with E-state index in [9.17, 15) is 10.1 Å². The topological polar surface area (TPSA) is 71.3 Å². The van der Waals surface area contributed by atoms with E-state index in [4.69, 9.17) is 32.7 Å². The van der Waals surface area contributed by atoms with Crippen molar-refractivity contribution in [3.8, 4) is 17.6 Å². The predicted molar refractivity (Wildman–Crippen MR) is 142 cm³/mol. The van der Waals surface area contributed by atoms with E-state index in [0.717, 1.165) is 10.0 Å². The van der Waals surface area contributed by atoms with Gasteiger partial charge in [-0.2, -0.15) is 5.26 Å². The van der Waals surface area contributed by atoms with E-state index < -0.39 is 5.91 Å². The van der Waals surface area contributed by atoms with Crippen molar-refractivity contribution in [2.45, 2.75) is 13.5 Å². The maximum atomic E-state index is 12.6. The lowest BCUT2D eigenvalue weighted by Crippen LogP contribution is -2.13. The van der Waals surface area contributed by atoms with Gasteiger partial charge in [-0.15, -0.1) is 0 Å². The van der Waals surface area contributed by atoms with Crippen LogP contribution < -0.4 is 14.8 Å². The molecular formula is C25H18Br2Cl2N2O3. The normalized spacial score (nSPS) is 11.0. The van der Waals surface area contributed by atoms with Crippen LogP contribution in [0.4, 0.5) is 5.69 Å². The number of rotatable bonds is 8. The van der Waals surface area contributed by atoms with Crippen LogP contribution in [0.15, 0.2) is 69.1 Å². The number of anilines is 1. The molecule has 0 radical (unpaired) electrons. The van der Waals surface area contributed by atoms with Gasteiger partial charge in [-0.3, -0.25) is 4.79 Å². The Labute approximate surface area is 224 Å². The van der Waals surface area contributed by atoms with Crippen LogP contribution in [-0.4, -0.2) is 12.5 Å². The van der Waals surface area contributed by atoms with Crippen LogP contribution in [0.5, 0.6) is 11.5 Å². The third kappa shape index (κ3) is 7.00. The second kappa shape index (κ2) is 12.3. The summed E-state index contributed by atoms with van der Waals surface area (Å²) in [4.78, 5) is 12.6. The summed E-state index contributed by atoms with van der Waals surface area (Å²) in [5, 5.41) is 13.2. The molecule has 0 aliphatic heterocycles. The van der Waals surface area contributed by atoms with E-state index in [1.165, 1.54) is 6.08 Å². The summed E-state index contributed by atoms with van der Waals surface area (Å²) in [6, 6.07) is 17.7. The third-order valence-electron chi connectivity index (χ3n) is 4.51. The molecule has 1 amide bonds. The van der Waals surface area contributed by atoms with E-state index in [-0.39, 0.29) is 12.2 Å². The zero-order chi connectivity index (χ0) is 24.7. The van der Waals surface area contributed by atoms with Crippen LogP contribution >= 0.6 is 55.1 Å². The smallest absolute Gasteiger partial charge is 0.266 e. The Balaban J connectivity index is 1.84. The summed E-state index contributed by atoms with van der Waals surface area (Å²) in [6.07, 6.45) is 1.49. The molecule has 0 saturated carbocycles. The quantitative estimate of drug-likeness (QED) is 0.203. The predicted octanol–water partition coefficient (Wildman–Crippen LogP) is 8.04. The Morgan fingerprint density at radius 3 is 2.38 bits per heavy atom. The van der Waals surface area contributed by atoms with Crippen molar-refractivity contribution in [2.24, 2.45) is 0 Å². The number of benzene rings is 3. The molecule has 0 aromatic heterocycles. The minimum Gasteiger partial charge on any atom is -0.490 e. The van der Waals surface area contributed by atoms with E-state index in [1.807, 2.05) is 19.1 Å². The molecule has 0 aliphatic carbocycles. The average Bonchev–Trinajstić information content (AvgIpc) is 2.81. The van der Waals surface area contributed by atoms with Crippen LogP contribution in [0, 0.1) is 11.3 Å². The molecule has 3 aromatic rings. The van der Waals surface area contributed by atoms with Crippen LogP contribution in [-0.2, 0) is 11.4 Å². The van der Waals surface area contributed by atoms with E-state index >= 15 is 0 Å². The van der Waals surface area contributed by atoms with Crippen LogP contribution in [0.1, 0.15) is 18.1 Å². The van der Waals surface area contributed by atoms with Crippen LogP contribution in [0.2, 0.25) is 10.0 Å². The molecule has 0 spiro atoms. The standard InChI is InChI=1S/C25H18Br2Cl2N2O3/c1-2-33-23-11-16(10-17(13-30)25(32)31-19-6-4-18(26)5-7-19)20(27)12-24(23)34-14-15-3-8-21(28)22(29)9-15/h3-12H,2,14H2,1H3,(H,31,32)/b17-10+. The molecular weight excluding hydrogens is 607 g/mol. The molecule has 34 heavy (non-hydrogen) atoms. The van der Waals surface area contributed by atoms with Gasteiger partial charge in [0.25, 0.3) is 5.91 Å². The summed E-state index contributed by atoms with van der Waals surface area (Å²) in [5.41, 5.74) is 1.95. The number of carbonyl (C=O) groups is 1. The lowest BCUT2D eigenvalue weighted by molar-refractivity contribution is -0.112. The number of amides is 1. The number of hydrogen-bond donors (Lipinski definition) is 1. The van der Waals surface area contributed by atoms with Gasteiger partial charge < -0.3 is 14.8 Å². The molecule has 174 valence electrons. The largest absolute Gasteiger partial charge is 0.490 e. The highest BCUT2D eigenvalue weighted by molar-refractivity contribution is 9.10. The minimum atomic E-state index is -0.519. The Hall–Kier alpha value is -2.50. The highest BCUT2D eigenvalue weighted by Gasteiger charge is 2.15. The first-order chi connectivity index (χ1) is 16.3. The number of halogens is 4. The van der Waals surface area contributed by atoms with Gasteiger partial charge in [-0.05, 0) is 72.7 Å². The number of ether oxygens (including phenoxy) is 2. The maximum absolute atomic E-state index is 12.6. The number of hydrogen-bond acceptors (Lipinski definition) is 4. The molecule has 0 heterocycles. The summed E-state index contributed by atoms with van der Waals surface area (Å²) in [7, 11) is 0. The summed E-state index contributed by atoms with van der Waals surface area (Å²) < 4.78 is 13.2. The molecule has 1 N–H and O–H groups in total. The van der Waals surface area contributed by atoms with Gasteiger partial charge in [0, 0.05) is 14.6 Å². The van der Waals surface area contributed by atoms with E-state index in [0.29, 0.717) is 43.9 Å². The first-order valence-corrected chi connectivity index (χ1v) is 12.4. The Morgan fingerprint density at radius 2 is 1.74 bits per heavy atom. The minimum absolute atomic E-state index is 0.0597. The Bertz CT molecular complexity index is 1270. The highest BCUT2D eigenvalue weighted by Crippen LogP contribution is 2.36. The SMILES string of the molecule is CCOc1cc(/C=C(\C#N)C(=O)Nc2ccc(Br)cc2)c(Br)cc1OCc1ccc(Cl)c(Cl)c1. The molecule has 0 atom stereocenters. The molecule has 0 fully saturated rings. The van der Waals surface area contributed by atoms with Crippen molar-refractivity contribution in [1.29, 1.82) is 5.26 Å². The fraction of sp³-hybridized carbons (Fsp3) is 0.120. The van der Waals surface area contributed by atoms with Crippen molar-refractivity contribution in [2.75, 3.05) is 11.9 Å². The van der Waals surface area contributed by atoms with Gasteiger partial charge in [0.1, 0.15) is 18.2 Å². The fourth-order valence-corrected chi connectivity index (χ4v) is 3.89. The fourth-order valence-electron chi connectivity index (χ4n) is 2.87. The van der Waals surface area contributed by atoms with Crippen molar-refractivity contribution < 1.29 is 14.3 Å². The number of nitrogens with zero attached hydrogens (tertiary/aromatic N) is 1. The van der Waals surface area contributed by atoms with Gasteiger partial charge in [0.05, 0.1) is 16.7 Å². The van der Waals surface area contributed by atoms with E-state index in [2.05, 4.69) is 37.2 Å². The lowest BCUT2D eigenvalue weighted by atomic mass is 10.1. The number of carbonyl (C=O) groups excluding carboxylic acids is 1. The lowest BCUT2D eigenvalue weighted by Gasteiger charge is -2.14. The van der Waals surface area contributed by atoms with Gasteiger partial charge in [-0.25, -0.2) is 0 Å². The zero-order valence-corrected chi connectivity index (χ0v) is 22.6. The van der Waals surface area contributed by atoms with Gasteiger partial charge in [0.2, 0.25) is 0 Å². The highest BCUT2D eigenvalue weighted by atomic mass is 79.9. The zero-order valence-electron chi connectivity index (χ0n) is 17.9. The van der Waals surface area contributed by atoms with E-state index in [1.54, 1.807) is 48.5 Å². The Morgan fingerprint density at radius 1 is 1.03 bits per heavy atom. The second-order valence-electron chi connectivity index (χ2n) is 6.92. The molecule has 3 rings (SSSR count). The second-order valence-corrected chi connectivity index (χ2v) is 9.51. The van der Waals surface area contributed by atoms with Crippen molar-refractivity contribution in [3.05, 3.63) is 90.3 Å². The maximum Gasteiger partial charge on any atom is 0.266 e. The first-order valence-electron chi connectivity index (χ1n) is 10.0. The van der Waals surface area contributed by atoms with Crippen molar-refractivity contribution in [3.63, 3.8) is 0 Å². The Kier molecular flexibility index (Phi) is 9.43. The van der Waals surface area contributed by atoms with Crippen LogP contribution in [0.25, 0.3) is 6.08 Å². The van der Waals surface area contributed by atoms with Gasteiger partial charge in [0.15, 0.2) is 11.5 Å². The van der Waals surface area contributed by atoms with Crippen molar-refractivity contribution >= 4 is 72.7 Å². The van der Waals surface area contributed by atoms with Gasteiger partial charge >= 0.3 is 0 Å². The van der Waals surface area contributed by atoms with Gasteiger partial charge in [-0.1, -0.05) is 61.1 Å². The summed E-state index contributed by atoms with van der Waals surface area (Å²) >= 11 is 18.9. The first kappa shape index (κ1) is 26.1. The molecule has 0 aliphatic rings.